The first-order valence-electron chi connectivity index (χ1n) is 8.97. The number of aliphatic hydroxyl groups is 1. The van der Waals surface area contributed by atoms with Crippen LogP contribution in [-0.2, 0) is 16.1 Å². The Labute approximate surface area is 158 Å². The third-order valence-corrected chi connectivity index (χ3v) is 4.80. The lowest BCUT2D eigenvalue weighted by Crippen LogP contribution is -2.43. The van der Waals surface area contributed by atoms with Crippen molar-refractivity contribution in [3.63, 3.8) is 0 Å². The van der Waals surface area contributed by atoms with Crippen LogP contribution in [0.1, 0.15) is 23.1 Å². The van der Waals surface area contributed by atoms with E-state index in [1.807, 2.05) is 62.4 Å². The molecule has 0 saturated carbocycles. The van der Waals surface area contributed by atoms with Gasteiger partial charge in [0.15, 0.2) is 0 Å². The van der Waals surface area contributed by atoms with Crippen molar-refractivity contribution in [1.82, 2.24) is 4.90 Å². The fraction of sp³-hybridized carbons (Fsp3) is 0.333. The molecule has 2 amide bonds. The van der Waals surface area contributed by atoms with Crippen molar-refractivity contribution in [2.24, 2.45) is 0 Å². The fourth-order valence-corrected chi connectivity index (χ4v) is 3.11. The first-order valence-corrected chi connectivity index (χ1v) is 8.97. The molecule has 0 bridgehead atoms. The van der Waals surface area contributed by atoms with E-state index < -0.39 is 18.2 Å². The number of benzene rings is 2. The molecule has 0 aromatic heterocycles. The Kier molecular flexibility index (Phi) is 5.76. The van der Waals surface area contributed by atoms with Gasteiger partial charge in [-0.15, -0.1) is 0 Å². The Morgan fingerprint density at radius 2 is 1.89 bits per heavy atom. The molecule has 1 heterocycles. The standard InChI is InChI=1S/C21H24N2O4/c1-14-8-9-17(10-15(14)2)22-20(25)19-11-18(24)12-23(19)21(26)27-13-16-6-4-3-5-7-16/h3-10,18-19,24H,11-13H2,1-2H3,(H,22,25)/t18-,19-/m1/s1. The minimum Gasteiger partial charge on any atom is -0.445 e. The topological polar surface area (TPSA) is 78.9 Å². The molecular formula is C21H24N2O4. The third-order valence-electron chi connectivity index (χ3n) is 4.80. The predicted molar refractivity (Wildman–Crippen MR) is 102 cm³/mol. The molecule has 142 valence electrons. The molecule has 2 atom stereocenters. The summed E-state index contributed by atoms with van der Waals surface area (Å²) in [7, 11) is 0. The number of nitrogens with one attached hydrogen (secondary N) is 1. The summed E-state index contributed by atoms with van der Waals surface area (Å²) in [5.74, 6) is -0.327. The Balaban J connectivity index is 1.64. The molecule has 0 unspecified atom stereocenters. The average molecular weight is 368 g/mol. The first-order chi connectivity index (χ1) is 12.9. The first kappa shape index (κ1) is 18.9. The molecule has 0 spiro atoms. The monoisotopic (exact) mass is 368 g/mol. The molecule has 1 fully saturated rings. The van der Waals surface area contributed by atoms with Gasteiger partial charge >= 0.3 is 6.09 Å². The molecule has 1 saturated heterocycles. The second-order valence-corrected chi connectivity index (χ2v) is 6.89. The van der Waals surface area contributed by atoms with Gasteiger partial charge in [0.1, 0.15) is 12.6 Å². The summed E-state index contributed by atoms with van der Waals surface area (Å²) in [5.41, 5.74) is 3.73. The van der Waals surface area contributed by atoms with Crippen molar-refractivity contribution >= 4 is 17.7 Å². The van der Waals surface area contributed by atoms with E-state index in [-0.39, 0.29) is 25.5 Å². The zero-order valence-corrected chi connectivity index (χ0v) is 15.5. The van der Waals surface area contributed by atoms with Gasteiger partial charge in [0.25, 0.3) is 0 Å². The molecule has 3 rings (SSSR count). The summed E-state index contributed by atoms with van der Waals surface area (Å²) in [5, 5.41) is 12.8. The highest BCUT2D eigenvalue weighted by molar-refractivity contribution is 5.97. The van der Waals surface area contributed by atoms with Gasteiger partial charge in [-0.2, -0.15) is 0 Å². The van der Waals surface area contributed by atoms with Gasteiger partial charge in [-0.3, -0.25) is 9.69 Å². The average Bonchev–Trinajstić information content (AvgIpc) is 3.06. The largest absolute Gasteiger partial charge is 0.445 e. The highest BCUT2D eigenvalue weighted by Crippen LogP contribution is 2.22. The number of rotatable bonds is 4. The maximum Gasteiger partial charge on any atom is 0.410 e. The lowest BCUT2D eigenvalue weighted by molar-refractivity contribution is -0.120. The molecule has 2 aromatic carbocycles. The molecule has 6 heteroatoms. The van der Waals surface area contributed by atoms with E-state index in [0.29, 0.717) is 5.69 Å². The van der Waals surface area contributed by atoms with Crippen LogP contribution in [0.15, 0.2) is 48.5 Å². The Bertz CT molecular complexity index is 822. The summed E-state index contributed by atoms with van der Waals surface area (Å²) < 4.78 is 5.32. The van der Waals surface area contributed by atoms with Crippen molar-refractivity contribution in [3.05, 3.63) is 65.2 Å². The molecule has 2 N–H and O–H groups in total. The number of β-amino-alcohol motifs (C(OH)–C–C–N with tert-alkyl or cyclic N) is 1. The van der Waals surface area contributed by atoms with E-state index in [4.69, 9.17) is 4.74 Å². The number of likely N-dealkylation sites (tertiary alicyclic amines) is 1. The number of hydrogen-bond acceptors (Lipinski definition) is 4. The van der Waals surface area contributed by atoms with Crippen LogP contribution in [0.2, 0.25) is 0 Å². The number of aryl methyl sites for hydroxylation is 2. The van der Waals surface area contributed by atoms with Gasteiger partial charge in [0.2, 0.25) is 5.91 Å². The number of amides is 2. The SMILES string of the molecule is Cc1ccc(NC(=O)[C@H]2C[C@@H](O)CN2C(=O)OCc2ccccc2)cc1C. The van der Waals surface area contributed by atoms with Gasteiger partial charge in [-0.1, -0.05) is 36.4 Å². The highest BCUT2D eigenvalue weighted by Gasteiger charge is 2.39. The number of carbonyl (C=O) groups excluding carboxylic acids is 2. The molecule has 2 aromatic rings. The lowest BCUT2D eigenvalue weighted by Gasteiger charge is -2.23. The minimum atomic E-state index is -0.759. The number of hydrogen-bond donors (Lipinski definition) is 2. The fourth-order valence-electron chi connectivity index (χ4n) is 3.11. The van der Waals surface area contributed by atoms with Crippen LogP contribution in [0.25, 0.3) is 0 Å². The number of ether oxygens (including phenoxy) is 1. The summed E-state index contributed by atoms with van der Waals surface area (Å²) in [6.07, 6.45) is -1.16. The molecule has 27 heavy (non-hydrogen) atoms. The molecule has 1 aliphatic rings. The predicted octanol–water partition coefficient (Wildman–Crippen LogP) is 3.01. The number of carbonyl (C=O) groups is 2. The molecule has 0 radical (unpaired) electrons. The summed E-state index contributed by atoms with van der Waals surface area (Å²) in [6.45, 7) is 4.17. The van der Waals surface area contributed by atoms with E-state index in [2.05, 4.69) is 5.32 Å². The van der Waals surface area contributed by atoms with Gasteiger partial charge in [0.05, 0.1) is 12.6 Å². The van der Waals surface area contributed by atoms with E-state index in [0.717, 1.165) is 16.7 Å². The second kappa shape index (κ2) is 8.22. The van der Waals surface area contributed by atoms with E-state index in [1.165, 1.54) is 4.90 Å². The van der Waals surface area contributed by atoms with Crippen LogP contribution >= 0.6 is 0 Å². The molecule has 6 nitrogen and oxygen atoms in total. The maximum atomic E-state index is 12.7. The molecule has 1 aliphatic heterocycles. The van der Waals surface area contributed by atoms with E-state index in [9.17, 15) is 14.7 Å². The van der Waals surface area contributed by atoms with Crippen molar-refractivity contribution < 1.29 is 19.4 Å². The van der Waals surface area contributed by atoms with Crippen LogP contribution in [0.4, 0.5) is 10.5 Å². The maximum absolute atomic E-state index is 12.7. The van der Waals surface area contributed by atoms with Crippen LogP contribution in [0, 0.1) is 13.8 Å². The van der Waals surface area contributed by atoms with Gasteiger partial charge in [-0.05, 0) is 42.7 Å². The highest BCUT2D eigenvalue weighted by atomic mass is 16.6. The summed E-state index contributed by atoms with van der Waals surface area (Å²) in [4.78, 5) is 26.4. The van der Waals surface area contributed by atoms with E-state index >= 15 is 0 Å². The van der Waals surface area contributed by atoms with Crippen molar-refractivity contribution in [3.8, 4) is 0 Å². The number of aliphatic hydroxyl groups excluding tert-OH is 1. The second-order valence-electron chi connectivity index (χ2n) is 6.89. The smallest absolute Gasteiger partial charge is 0.410 e. The van der Waals surface area contributed by atoms with Crippen molar-refractivity contribution in [2.75, 3.05) is 11.9 Å². The van der Waals surface area contributed by atoms with Crippen molar-refractivity contribution in [1.29, 1.82) is 0 Å². The summed E-state index contributed by atoms with van der Waals surface area (Å²) in [6, 6.07) is 14.2. The van der Waals surface area contributed by atoms with Crippen LogP contribution in [0.5, 0.6) is 0 Å². The Morgan fingerprint density at radius 3 is 2.59 bits per heavy atom. The summed E-state index contributed by atoms with van der Waals surface area (Å²) >= 11 is 0. The van der Waals surface area contributed by atoms with Gasteiger partial charge in [0, 0.05) is 12.1 Å². The van der Waals surface area contributed by atoms with Gasteiger partial charge in [-0.25, -0.2) is 4.79 Å². The van der Waals surface area contributed by atoms with Crippen molar-refractivity contribution in [2.45, 2.75) is 39.0 Å². The Hall–Kier alpha value is -2.86. The third kappa shape index (κ3) is 4.65. The zero-order chi connectivity index (χ0) is 19.4. The normalized spacial score (nSPS) is 19.0. The van der Waals surface area contributed by atoms with Gasteiger partial charge < -0.3 is 15.2 Å². The van der Waals surface area contributed by atoms with Crippen LogP contribution < -0.4 is 5.32 Å². The zero-order valence-electron chi connectivity index (χ0n) is 15.5. The number of nitrogens with zero attached hydrogens (tertiary/aromatic N) is 1. The molecular weight excluding hydrogens is 344 g/mol. The Morgan fingerprint density at radius 1 is 1.15 bits per heavy atom. The quantitative estimate of drug-likeness (QED) is 0.870. The van der Waals surface area contributed by atoms with E-state index in [1.54, 1.807) is 0 Å². The van der Waals surface area contributed by atoms with Crippen LogP contribution in [-0.4, -0.2) is 40.7 Å². The van der Waals surface area contributed by atoms with Crippen LogP contribution in [0.3, 0.4) is 0 Å². The lowest BCUT2D eigenvalue weighted by atomic mass is 10.1. The minimum absolute atomic E-state index is 0.0820. The molecule has 0 aliphatic carbocycles. The number of anilines is 1.